The van der Waals surface area contributed by atoms with Gasteiger partial charge in [0.25, 0.3) is 0 Å². The van der Waals surface area contributed by atoms with Crippen LogP contribution in [-0.2, 0) is 28.0 Å². The molecule has 6 nitrogen and oxygen atoms in total. The van der Waals surface area contributed by atoms with Crippen molar-refractivity contribution in [2.75, 3.05) is 19.8 Å². The molecule has 4 aliphatic heterocycles. The zero-order chi connectivity index (χ0) is 9.02. The normalized spacial score (nSPS) is 47.9. The van der Waals surface area contributed by atoms with E-state index in [0.717, 1.165) is 6.42 Å². The van der Waals surface area contributed by atoms with E-state index in [1.807, 2.05) is 0 Å². The number of fused-ring (bicyclic) bond motifs is 3. The predicted molar refractivity (Wildman–Crippen MR) is 40.8 cm³/mol. The molecule has 4 heterocycles. The molecule has 4 saturated heterocycles. The first-order valence-corrected chi connectivity index (χ1v) is 6.06. The van der Waals surface area contributed by atoms with Crippen molar-refractivity contribution in [2.45, 2.75) is 13.3 Å². The van der Waals surface area contributed by atoms with Gasteiger partial charge in [-0.2, -0.15) is 0 Å². The van der Waals surface area contributed by atoms with Gasteiger partial charge < -0.3 is 0 Å². The molecule has 13 heavy (non-hydrogen) atoms. The maximum atomic E-state index is 5.40. The Morgan fingerprint density at radius 3 is 1.92 bits per heavy atom. The van der Waals surface area contributed by atoms with Crippen molar-refractivity contribution in [1.29, 1.82) is 0 Å². The van der Waals surface area contributed by atoms with E-state index in [1.165, 1.54) is 0 Å². The van der Waals surface area contributed by atoms with Crippen molar-refractivity contribution < 1.29 is 28.0 Å². The van der Waals surface area contributed by atoms with Gasteiger partial charge in [-0.3, -0.25) is 0 Å². The standard InChI is InChI=1S/C6H11O6P/c1-2-6-3-7-13(8-4-6,9-5-6)11-10-12-13/h2-5H2,1H3. The number of rotatable bonds is 1. The first-order valence-electron chi connectivity index (χ1n) is 4.23. The van der Waals surface area contributed by atoms with Crippen LogP contribution in [0.25, 0.3) is 0 Å². The summed E-state index contributed by atoms with van der Waals surface area (Å²) < 4.78 is 25.7. The van der Waals surface area contributed by atoms with Gasteiger partial charge in [0.05, 0.1) is 0 Å². The first-order chi connectivity index (χ1) is 6.20. The molecule has 1 spiro atoms. The second kappa shape index (κ2) is 2.23. The Morgan fingerprint density at radius 2 is 1.62 bits per heavy atom. The second-order valence-electron chi connectivity index (χ2n) is 3.64. The van der Waals surface area contributed by atoms with Crippen molar-refractivity contribution in [2.24, 2.45) is 5.41 Å². The zero-order valence-corrected chi connectivity index (χ0v) is 8.12. The molecule has 7 heteroatoms. The van der Waals surface area contributed by atoms with Crippen LogP contribution >= 0.6 is 7.74 Å². The molecule has 76 valence electrons. The Hall–Kier alpha value is 0.190. The van der Waals surface area contributed by atoms with Gasteiger partial charge in [-0.15, -0.1) is 0 Å². The summed E-state index contributed by atoms with van der Waals surface area (Å²) in [6.45, 7) is 3.71. The summed E-state index contributed by atoms with van der Waals surface area (Å²) in [5.74, 6) is 0. The van der Waals surface area contributed by atoms with Crippen LogP contribution in [0.15, 0.2) is 0 Å². The summed E-state index contributed by atoms with van der Waals surface area (Å²) in [6, 6.07) is 0. The SMILES string of the molecule is CCC12COP3(OC1)(OC2)OOO3. The molecule has 4 fully saturated rings. The Bertz CT molecular complexity index is 220. The van der Waals surface area contributed by atoms with E-state index >= 15 is 0 Å². The van der Waals surface area contributed by atoms with Gasteiger partial charge in [-0.05, 0) is 0 Å². The van der Waals surface area contributed by atoms with Gasteiger partial charge in [0.1, 0.15) is 0 Å². The van der Waals surface area contributed by atoms with Crippen molar-refractivity contribution >= 4 is 7.74 Å². The fourth-order valence-corrected chi connectivity index (χ4v) is 3.65. The summed E-state index contributed by atoms with van der Waals surface area (Å²) >= 11 is 0. The van der Waals surface area contributed by atoms with E-state index in [4.69, 9.17) is 22.9 Å². The van der Waals surface area contributed by atoms with Crippen molar-refractivity contribution in [3.8, 4) is 0 Å². The van der Waals surface area contributed by atoms with Gasteiger partial charge in [-0.25, -0.2) is 0 Å². The quantitative estimate of drug-likeness (QED) is 0.482. The van der Waals surface area contributed by atoms with E-state index in [9.17, 15) is 0 Å². The Balaban J connectivity index is 1.87. The Kier molecular flexibility index (Phi) is 1.45. The van der Waals surface area contributed by atoms with E-state index in [2.05, 4.69) is 12.0 Å². The third kappa shape index (κ3) is 0.915. The van der Waals surface area contributed by atoms with E-state index in [-0.39, 0.29) is 5.41 Å². The van der Waals surface area contributed by atoms with Crippen LogP contribution in [0, 0.1) is 5.41 Å². The van der Waals surface area contributed by atoms with Crippen molar-refractivity contribution in [3.63, 3.8) is 0 Å². The van der Waals surface area contributed by atoms with Gasteiger partial charge >= 0.3 is 74.3 Å². The fourth-order valence-electron chi connectivity index (χ4n) is 1.50. The predicted octanol–water partition coefficient (Wildman–Crippen LogP) is 1.48. The van der Waals surface area contributed by atoms with Crippen LogP contribution in [0.3, 0.4) is 0 Å². The molecule has 0 radical (unpaired) electrons. The van der Waals surface area contributed by atoms with Crippen LogP contribution in [-0.4, -0.2) is 19.8 Å². The minimum absolute atomic E-state index is 0.0380. The monoisotopic (exact) mass is 210 g/mol. The van der Waals surface area contributed by atoms with Gasteiger partial charge in [-0.1, -0.05) is 0 Å². The molecular weight excluding hydrogens is 199 g/mol. The summed E-state index contributed by atoms with van der Waals surface area (Å²) in [5.41, 5.74) is -0.0380. The molecule has 4 aliphatic rings. The van der Waals surface area contributed by atoms with E-state index in [0.29, 0.717) is 19.8 Å². The molecule has 0 unspecified atom stereocenters. The van der Waals surface area contributed by atoms with Gasteiger partial charge in [0.2, 0.25) is 0 Å². The second-order valence-corrected chi connectivity index (χ2v) is 6.20. The molecule has 0 amide bonds. The average molecular weight is 210 g/mol. The molecule has 0 aromatic carbocycles. The summed E-state index contributed by atoms with van der Waals surface area (Å²) in [6.07, 6.45) is 0.945. The molecule has 4 rings (SSSR count). The van der Waals surface area contributed by atoms with Crippen LogP contribution < -0.4 is 0 Å². The van der Waals surface area contributed by atoms with E-state index in [1.54, 1.807) is 0 Å². The van der Waals surface area contributed by atoms with Crippen LogP contribution in [0.2, 0.25) is 0 Å². The Labute approximate surface area is 75.2 Å². The molecule has 0 atom stereocenters. The molecule has 0 aromatic rings. The molecule has 0 aromatic heterocycles. The van der Waals surface area contributed by atoms with Crippen LogP contribution in [0.5, 0.6) is 0 Å². The van der Waals surface area contributed by atoms with Crippen molar-refractivity contribution in [1.82, 2.24) is 0 Å². The fraction of sp³-hybridized carbons (Fsp3) is 1.00. The maximum absolute atomic E-state index is 5.40. The molecule has 0 saturated carbocycles. The van der Waals surface area contributed by atoms with Crippen LogP contribution in [0.1, 0.15) is 13.3 Å². The van der Waals surface area contributed by atoms with Gasteiger partial charge in [0, 0.05) is 0 Å². The molecule has 0 aliphatic carbocycles. The van der Waals surface area contributed by atoms with Crippen molar-refractivity contribution in [3.05, 3.63) is 0 Å². The third-order valence-corrected chi connectivity index (χ3v) is 5.06. The van der Waals surface area contributed by atoms with Gasteiger partial charge in [0.15, 0.2) is 0 Å². The zero-order valence-electron chi connectivity index (χ0n) is 7.23. The number of hydrogen-bond donors (Lipinski definition) is 0. The molecular formula is C6H11O6P. The minimum atomic E-state index is -3.64. The average Bonchev–Trinajstić information content (AvgIpc) is 2.19. The summed E-state index contributed by atoms with van der Waals surface area (Å²) in [4.78, 5) is 0. The van der Waals surface area contributed by atoms with E-state index < -0.39 is 7.74 Å². The first kappa shape index (κ1) is 8.49. The Morgan fingerprint density at radius 1 is 1.08 bits per heavy atom. The van der Waals surface area contributed by atoms with Crippen LogP contribution in [0.4, 0.5) is 0 Å². The molecule has 2 bridgehead atoms. The summed E-state index contributed by atoms with van der Waals surface area (Å²) in [5, 5.41) is 4.18. The topological polar surface area (TPSA) is 55.4 Å². The third-order valence-electron chi connectivity index (χ3n) is 2.80. The number of hydrogen-bond acceptors (Lipinski definition) is 6. The summed E-state index contributed by atoms with van der Waals surface area (Å²) in [7, 11) is -3.64. The molecule has 0 N–H and O–H groups in total.